The first-order valence-corrected chi connectivity index (χ1v) is 6.75. The molecule has 6 nitrogen and oxygen atoms in total. The van der Waals surface area contributed by atoms with Crippen molar-refractivity contribution in [1.29, 1.82) is 0 Å². The quantitative estimate of drug-likeness (QED) is 0.860. The van der Waals surface area contributed by atoms with Gasteiger partial charge in [-0.25, -0.2) is 15.0 Å². The number of nitrogens with two attached hydrogens (primary N) is 1. The number of hydrogen-bond acceptors (Lipinski definition) is 6. The van der Waals surface area contributed by atoms with Gasteiger partial charge in [0.2, 0.25) is 5.95 Å². The fourth-order valence-corrected chi connectivity index (χ4v) is 2.04. The topological polar surface area (TPSA) is 89.6 Å². The maximum absolute atomic E-state index is 5.62. The van der Waals surface area contributed by atoms with E-state index in [1.165, 1.54) is 0 Å². The Kier molecular flexibility index (Phi) is 4.45. The smallest absolute Gasteiger partial charge is 0.221 e. The first-order valence-electron chi connectivity index (χ1n) is 6.75. The highest BCUT2D eigenvalue weighted by atomic mass is 15.1. The molecule has 0 radical (unpaired) electrons. The van der Waals surface area contributed by atoms with Crippen molar-refractivity contribution in [2.45, 2.75) is 33.6 Å². The standard InChI is InChI=1S/C14H20N6/c1-4-11-8-17-14(15)20-13(11)16-6-5-12-18-9(2)7-10(3)19-12/h7-8H,4-6H2,1-3H3,(H3,15,16,17,20). The fraction of sp³-hybridized carbons (Fsp3) is 0.429. The number of aryl methyl sites for hydroxylation is 3. The van der Waals surface area contributed by atoms with Gasteiger partial charge in [0.1, 0.15) is 11.6 Å². The summed E-state index contributed by atoms with van der Waals surface area (Å²) in [6.07, 6.45) is 3.37. The summed E-state index contributed by atoms with van der Waals surface area (Å²) in [5.41, 5.74) is 8.66. The normalized spacial score (nSPS) is 10.6. The predicted octanol–water partition coefficient (Wildman–Crippen LogP) is 1.68. The number of hydrogen-bond donors (Lipinski definition) is 2. The highest BCUT2D eigenvalue weighted by Crippen LogP contribution is 2.13. The Bertz CT molecular complexity index is 576. The van der Waals surface area contributed by atoms with Crippen LogP contribution in [0.1, 0.15) is 29.7 Å². The van der Waals surface area contributed by atoms with E-state index in [1.54, 1.807) is 6.20 Å². The molecular formula is C14H20N6. The van der Waals surface area contributed by atoms with Gasteiger partial charge in [0.15, 0.2) is 0 Å². The number of anilines is 2. The van der Waals surface area contributed by atoms with Gasteiger partial charge < -0.3 is 11.1 Å². The molecule has 3 N–H and O–H groups in total. The van der Waals surface area contributed by atoms with Crippen LogP contribution in [0.2, 0.25) is 0 Å². The van der Waals surface area contributed by atoms with Gasteiger partial charge in [-0.05, 0) is 26.3 Å². The molecule has 106 valence electrons. The van der Waals surface area contributed by atoms with Crippen LogP contribution in [0, 0.1) is 13.8 Å². The molecule has 0 atom stereocenters. The lowest BCUT2D eigenvalue weighted by molar-refractivity contribution is 0.858. The summed E-state index contributed by atoms with van der Waals surface area (Å²) in [5, 5.41) is 3.28. The molecule has 6 heteroatoms. The minimum atomic E-state index is 0.285. The van der Waals surface area contributed by atoms with Crippen LogP contribution in [-0.2, 0) is 12.8 Å². The van der Waals surface area contributed by atoms with E-state index in [0.29, 0.717) is 6.54 Å². The highest BCUT2D eigenvalue weighted by Gasteiger charge is 2.05. The Labute approximate surface area is 118 Å². The van der Waals surface area contributed by atoms with E-state index in [4.69, 9.17) is 5.73 Å². The van der Waals surface area contributed by atoms with Gasteiger partial charge in [0, 0.05) is 36.1 Å². The largest absolute Gasteiger partial charge is 0.369 e. The average Bonchev–Trinajstić information content (AvgIpc) is 2.38. The average molecular weight is 272 g/mol. The molecule has 0 aliphatic rings. The molecular weight excluding hydrogens is 252 g/mol. The first-order chi connectivity index (χ1) is 9.58. The third-order valence-electron chi connectivity index (χ3n) is 2.93. The van der Waals surface area contributed by atoms with Crippen LogP contribution in [0.3, 0.4) is 0 Å². The second-order valence-electron chi connectivity index (χ2n) is 4.70. The van der Waals surface area contributed by atoms with Gasteiger partial charge in [-0.2, -0.15) is 4.98 Å². The molecule has 2 heterocycles. The van der Waals surface area contributed by atoms with Crippen molar-refractivity contribution < 1.29 is 0 Å². The van der Waals surface area contributed by atoms with Crippen molar-refractivity contribution in [3.63, 3.8) is 0 Å². The number of nitrogens with one attached hydrogen (secondary N) is 1. The number of nitrogen functional groups attached to an aromatic ring is 1. The molecule has 0 aliphatic carbocycles. The summed E-state index contributed by atoms with van der Waals surface area (Å²) in [5.74, 6) is 1.92. The van der Waals surface area contributed by atoms with Gasteiger partial charge in [-0.15, -0.1) is 0 Å². The molecule has 2 rings (SSSR count). The van der Waals surface area contributed by atoms with Gasteiger partial charge in [-0.3, -0.25) is 0 Å². The molecule has 0 saturated heterocycles. The number of nitrogens with zero attached hydrogens (tertiary/aromatic N) is 4. The third kappa shape index (κ3) is 3.63. The van der Waals surface area contributed by atoms with E-state index >= 15 is 0 Å². The molecule has 0 bridgehead atoms. The monoisotopic (exact) mass is 272 g/mol. The molecule has 0 amide bonds. The maximum Gasteiger partial charge on any atom is 0.221 e. The molecule has 0 saturated carbocycles. The Morgan fingerprint density at radius 2 is 1.85 bits per heavy atom. The second kappa shape index (κ2) is 6.27. The van der Waals surface area contributed by atoms with Crippen molar-refractivity contribution in [1.82, 2.24) is 19.9 Å². The van der Waals surface area contributed by atoms with Crippen molar-refractivity contribution in [2.75, 3.05) is 17.6 Å². The van der Waals surface area contributed by atoms with Crippen molar-refractivity contribution in [3.05, 3.63) is 35.0 Å². The lowest BCUT2D eigenvalue weighted by Crippen LogP contribution is -2.12. The molecule has 2 aromatic heterocycles. The molecule has 0 fully saturated rings. The van der Waals surface area contributed by atoms with E-state index in [-0.39, 0.29) is 5.95 Å². The zero-order valence-corrected chi connectivity index (χ0v) is 12.1. The predicted molar refractivity (Wildman–Crippen MR) is 79.5 cm³/mol. The minimum Gasteiger partial charge on any atom is -0.369 e. The van der Waals surface area contributed by atoms with Gasteiger partial charge in [0.25, 0.3) is 0 Å². The summed E-state index contributed by atoms with van der Waals surface area (Å²) in [4.78, 5) is 17.1. The first kappa shape index (κ1) is 14.2. The van der Waals surface area contributed by atoms with E-state index in [0.717, 1.165) is 41.4 Å². The second-order valence-corrected chi connectivity index (χ2v) is 4.70. The SMILES string of the molecule is CCc1cnc(N)nc1NCCc1nc(C)cc(C)n1. The Morgan fingerprint density at radius 1 is 1.15 bits per heavy atom. The van der Waals surface area contributed by atoms with Gasteiger partial charge >= 0.3 is 0 Å². The summed E-state index contributed by atoms with van der Waals surface area (Å²) in [7, 11) is 0. The molecule has 2 aromatic rings. The lowest BCUT2D eigenvalue weighted by Gasteiger charge is -2.10. The van der Waals surface area contributed by atoms with Crippen LogP contribution < -0.4 is 11.1 Å². The third-order valence-corrected chi connectivity index (χ3v) is 2.93. The summed E-state index contributed by atoms with van der Waals surface area (Å²) >= 11 is 0. The summed E-state index contributed by atoms with van der Waals surface area (Å²) in [6.45, 7) is 6.73. The lowest BCUT2D eigenvalue weighted by atomic mass is 10.2. The Morgan fingerprint density at radius 3 is 2.50 bits per heavy atom. The minimum absolute atomic E-state index is 0.285. The Balaban J connectivity index is 2.00. The van der Waals surface area contributed by atoms with E-state index < -0.39 is 0 Å². The van der Waals surface area contributed by atoms with E-state index in [1.807, 2.05) is 19.9 Å². The van der Waals surface area contributed by atoms with E-state index in [2.05, 4.69) is 32.2 Å². The van der Waals surface area contributed by atoms with E-state index in [9.17, 15) is 0 Å². The fourth-order valence-electron chi connectivity index (χ4n) is 2.04. The van der Waals surface area contributed by atoms with Gasteiger partial charge in [0.05, 0.1) is 0 Å². The zero-order chi connectivity index (χ0) is 14.5. The zero-order valence-electron chi connectivity index (χ0n) is 12.1. The molecule has 0 spiro atoms. The van der Waals surface area contributed by atoms with Crippen LogP contribution in [0.4, 0.5) is 11.8 Å². The molecule has 0 unspecified atom stereocenters. The molecule has 20 heavy (non-hydrogen) atoms. The van der Waals surface area contributed by atoms with Crippen molar-refractivity contribution >= 4 is 11.8 Å². The van der Waals surface area contributed by atoms with Crippen LogP contribution in [0.15, 0.2) is 12.3 Å². The van der Waals surface area contributed by atoms with Crippen LogP contribution in [0.5, 0.6) is 0 Å². The highest BCUT2D eigenvalue weighted by molar-refractivity contribution is 5.45. The number of rotatable bonds is 5. The molecule has 0 aromatic carbocycles. The van der Waals surface area contributed by atoms with Crippen LogP contribution in [0.25, 0.3) is 0 Å². The van der Waals surface area contributed by atoms with Crippen molar-refractivity contribution in [2.24, 2.45) is 0 Å². The van der Waals surface area contributed by atoms with Crippen molar-refractivity contribution in [3.8, 4) is 0 Å². The van der Waals surface area contributed by atoms with Crippen LogP contribution in [-0.4, -0.2) is 26.5 Å². The molecule has 0 aliphatic heterocycles. The number of aromatic nitrogens is 4. The Hall–Kier alpha value is -2.24. The summed E-state index contributed by atoms with van der Waals surface area (Å²) in [6, 6.07) is 1.97. The van der Waals surface area contributed by atoms with Crippen LogP contribution >= 0.6 is 0 Å². The summed E-state index contributed by atoms with van der Waals surface area (Å²) < 4.78 is 0. The maximum atomic E-state index is 5.62. The van der Waals surface area contributed by atoms with Gasteiger partial charge in [-0.1, -0.05) is 6.92 Å².